The molecule has 1 N–H and O–H groups in total. The van der Waals surface area contributed by atoms with Gasteiger partial charge in [0.05, 0.1) is 22.9 Å². The highest BCUT2D eigenvalue weighted by Crippen LogP contribution is 2.46. The van der Waals surface area contributed by atoms with E-state index in [-0.39, 0.29) is 5.60 Å². The molecule has 2 rings (SSSR count). The van der Waals surface area contributed by atoms with Crippen LogP contribution in [0.2, 0.25) is 0 Å². The van der Waals surface area contributed by atoms with Crippen LogP contribution >= 0.6 is 0 Å². The fraction of sp³-hybridized carbons (Fsp3) is 0.824. The van der Waals surface area contributed by atoms with Crippen molar-refractivity contribution in [3.63, 3.8) is 0 Å². The second-order valence-corrected chi connectivity index (χ2v) is 7.51. The number of nitrogens with zero attached hydrogens (tertiary/aromatic N) is 2. The minimum Gasteiger partial charge on any atom is -0.386 e. The molecule has 1 unspecified atom stereocenters. The van der Waals surface area contributed by atoms with Crippen LogP contribution in [0.25, 0.3) is 0 Å². The van der Waals surface area contributed by atoms with Crippen molar-refractivity contribution in [1.29, 1.82) is 0 Å². The van der Waals surface area contributed by atoms with Crippen LogP contribution < -0.4 is 0 Å². The Morgan fingerprint density at radius 2 is 1.90 bits per heavy atom. The zero-order valence-electron chi connectivity index (χ0n) is 14.3. The molecule has 0 radical (unpaired) electrons. The Labute approximate surface area is 128 Å². The van der Waals surface area contributed by atoms with Crippen molar-refractivity contribution in [1.82, 2.24) is 9.78 Å². The Balaban J connectivity index is 2.18. The summed E-state index contributed by atoms with van der Waals surface area (Å²) in [6.45, 7) is 12.4. The minimum atomic E-state index is -0.871. The van der Waals surface area contributed by atoms with Crippen LogP contribution in [-0.4, -0.2) is 31.7 Å². The number of aliphatic hydroxyl groups is 1. The Morgan fingerprint density at radius 1 is 1.29 bits per heavy atom. The molecule has 0 amide bonds. The molecule has 1 aromatic rings. The lowest BCUT2D eigenvalue weighted by molar-refractivity contribution is -0.126. The summed E-state index contributed by atoms with van der Waals surface area (Å²) in [6, 6.07) is 2.47. The Bertz CT molecular complexity index is 489. The molecule has 0 saturated carbocycles. The quantitative estimate of drug-likeness (QED) is 0.904. The second kappa shape index (κ2) is 5.40. The molecule has 0 aromatic carbocycles. The summed E-state index contributed by atoms with van der Waals surface area (Å²) in [5.74, 6) is 0. The average Bonchev–Trinajstić information content (AvgIpc) is 2.81. The Morgan fingerprint density at radius 3 is 2.38 bits per heavy atom. The van der Waals surface area contributed by atoms with Crippen molar-refractivity contribution in [3.05, 3.63) is 18.0 Å². The third kappa shape index (κ3) is 3.16. The summed E-state index contributed by atoms with van der Waals surface area (Å²) >= 11 is 0. The van der Waals surface area contributed by atoms with E-state index in [1.54, 1.807) is 0 Å². The monoisotopic (exact) mass is 294 g/mol. The van der Waals surface area contributed by atoms with E-state index < -0.39 is 11.2 Å². The van der Waals surface area contributed by atoms with E-state index in [9.17, 15) is 5.11 Å². The van der Waals surface area contributed by atoms with Gasteiger partial charge in [-0.25, -0.2) is 0 Å². The fourth-order valence-electron chi connectivity index (χ4n) is 3.65. The van der Waals surface area contributed by atoms with E-state index in [1.165, 1.54) is 0 Å². The molecular formula is C17H30N2O2. The molecule has 0 spiro atoms. The lowest BCUT2D eigenvalue weighted by Crippen LogP contribution is -2.48. The molecule has 1 saturated heterocycles. The van der Waals surface area contributed by atoms with Crippen LogP contribution in [0, 0.1) is 0 Å². The lowest BCUT2D eigenvalue weighted by Gasteiger charge is -2.34. The largest absolute Gasteiger partial charge is 0.386 e. The van der Waals surface area contributed by atoms with Crippen molar-refractivity contribution >= 4 is 0 Å². The minimum absolute atomic E-state index is 0.295. The van der Waals surface area contributed by atoms with Crippen LogP contribution in [0.15, 0.2) is 12.3 Å². The predicted molar refractivity (Wildman–Crippen MR) is 84.4 cm³/mol. The summed E-state index contributed by atoms with van der Waals surface area (Å²) in [4.78, 5) is 0. The molecule has 120 valence electrons. The highest BCUT2D eigenvalue weighted by atomic mass is 16.5. The van der Waals surface area contributed by atoms with Crippen molar-refractivity contribution < 1.29 is 9.84 Å². The number of ether oxygens (including phenoxy) is 1. The number of aromatic nitrogens is 2. The van der Waals surface area contributed by atoms with Gasteiger partial charge in [0.1, 0.15) is 5.60 Å². The van der Waals surface area contributed by atoms with Crippen LogP contribution in [-0.2, 0) is 11.2 Å². The van der Waals surface area contributed by atoms with Gasteiger partial charge in [0.25, 0.3) is 0 Å². The van der Waals surface area contributed by atoms with E-state index in [2.05, 4.69) is 18.9 Å². The average molecular weight is 294 g/mol. The molecule has 1 atom stereocenters. The molecule has 1 aliphatic rings. The second-order valence-electron chi connectivity index (χ2n) is 7.51. The van der Waals surface area contributed by atoms with E-state index >= 15 is 0 Å². The first kappa shape index (κ1) is 16.5. The van der Waals surface area contributed by atoms with E-state index in [4.69, 9.17) is 4.74 Å². The molecule has 0 aliphatic carbocycles. The highest BCUT2D eigenvalue weighted by Gasteiger charge is 2.56. The highest BCUT2D eigenvalue weighted by molar-refractivity contribution is 5.14. The molecule has 4 heteroatoms. The van der Waals surface area contributed by atoms with Gasteiger partial charge >= 0.3 is 0 Å². The zero-order chi connectivity index (χ0) is 15.9. The third-order valence-electron chi connectivity index (χ3n) is 4.82. The predicted octanol–water partition coefficient (Wildman–Crippen LogP) is 3.50. The number of rotatable bonds is 5. The van der Waals surface area contributed by atoms with E-state index in [0.717, 1.165) is 18.5 Å². The van der Waals surface area contributed by atoms with Gasteiger partial charge in [0, 0.05) is 19.0 Å². The van der Waals surface area contributed by atoms with Crippen molar-refractivity contribution in [2.75, 3.05) is 0 Å². The SMILES string of the molecule is CCC(CC)n1ccc(CC2(O)CC(C)(C)OC2(C)C)n1. The van der Waals surface area contributed by atoms with Gasteiger partial charge in [-0.3, -0.25) is 4.68 Å². The molecular weight excluding hydrogens is 264 g/mol. The molecule has 1 aromatic heterocycles. The first-order valence-electron chi connectivity index (χ1n) is 8.09. The van der Waals surface area contributed by atoms with Gasteiger partial charge in [-0.1, -0.05) is 13.8 Å². The summed E-state index contributed by atoms with van der Waals surface area (Å²) in [5.41, 5.74) is -0.784. The van der Waals surface area contributed by atoms with Crippen molar-refractivity contribution in [2.45, 2.75) is 90.1 Å². The Kier molecular flexibility index (Phi) is 4.24. The maximum Gasteiger partial charge on any atom is 0.101 e. The molecule has 2 heterocycles. The maximum atomic E-state index is 11.1. The van der Waals surface area contributed by atoms with Crippen LogP contribution in [0.3, 0.4) is 0 Å². The van der Waals surface area contributed by atoms with Gasteiger partial charge < -0.3 is 9.84 Å². The number of hydrogen-bond donors (Lipinski definition) is 1. The first-order chi connectivity index (χ1) is 9.62. The van der Waals surface area contributed by atoms with Crippen LogP contribution in [0.5, 0.6) is 0 Å². The van der Waals surface area contributed by atoms with Crippen LogP contribution in [0.4, 0.5) is 0 Å². The standard InChI is InChI=1S/C17H30N2O2/c1-7-14(8-2)19-10-9-13(18-19)11-17(20)12-15(3,4)21-16(17,5)6/h9-10,14,20H,7-8,11-12H2,1-6H3. The van der Waals surface area contributed by atoms with Gasteiger partial charge in [0.2, 0.25) is 0 Å². The van der Waals surface area contributed by atoms with Gasteiger partial charge in [-0.15, -0.1) is 0 Å². The van der Waals surface area contributed by atoms with Gasteiger partial charge in [0.15, 0.2) is 0 Å². The summed E-state index contributed by atoms with van der Waals surface area (Å²) in [6.07, 6.45) is 5.35. The van der Waals surface area contributed by atoms with Crippen molar-refractivity contribution in [2.24, 2.45) is 0 Å². The normalized spacial score (nSPS) is 27.4. The summed E-state index contributed by atoms with van der Waals surface area (Å²) < 4.78 is 8.07. The Hall–Kier alpha value is -0.870. The molecule has 0 bridgehead atoms. The zero-order valence-corrected chi connectivity index (χ0v) is 14.3. The topological polar surface area (TPSA) is 47.3 Å². The van der Waals surface area contributed by atoms with Crippen molar-refractivity contribution in [3.8, 4) is 0 Å². The molecule has 4 nitrogen and oxygen atoms in total. The first-order valence-corrected chi connectivity index (χ1v) is 8.09. The lowest BCUT2D eigenvalue weighted by atomic mass is 9.79. The molecule has 21 heavy (non-hydrogen) atoms. The summed E-state index contributed by atoms with van der Waals surface area (Å²) in [7, 11) is 0. The van der Waals surface area contributed by atoms with Gasteiger partial charge in [-0.2, -0.15) is 5.10 Å². The molecule has 1 aliphatic heterocycles. The fourth-order valence-corrected chi connectivity index (χ4v) is 3.65. The maximum absolute atomic E-state index is 11.1. The van der Waals surface area contributed by atoms with E-state index in [0.29, 0.717) is 18.9 Å². The summed E-state index contributed by atoms with van der Waals surface area (Å²) in [5, 5.41) is 15.8. The number of hydrogen-bond acceptors (Lipinski definition) is 3. The smallest absolute Gasteiger partial charge is 0.101 e. The third-order valence-corrected chi connectivity index (χ3v) is 4.82. The van der Waals surface area contributed by atoms with Gasteiger partial charge in [-0.05, 0) is 46.6 Å². The van der Waals surface area contributed by atoms with E-state index in [1.807, 2.05) is 44.6 Å². The molecule has 1 fully saturated rings. The van der Waals surface area contributed by atoms with Crippen LogP contribution in [0.1, 0.15) is 72.5 Å².